The summed E-state index contributed by atoms with van der Waals surface area (Å²) in [6.07, 6.45) is 0.202. The Morgan fingerprint density at radius 2 is 2.20 bits per heavy atom. The first-order valence-electron chi connectivity index (χ1n) is 4.52. The zero-order valence-electron chi connectivity index (χ0n) is 8.70. The van der Waals surface area contributed by atoms with Gasteiger partial charge in [0.1, 0.15) is 11.3 Å². The van der Waals surface area contributed by atoms with Gasteiger partial charge in [0.05, 0.1) is 7.11 Å². The number of methoxy groups -OCH3 is 1. The van der Waals surface area contributed by atoms with Crippen LogP contribution >= 0.6 is 0 Å². The van der Waals surface area contributed by atoms with Crippen molar-refractivity contribution in [1.82, 2.24) is 0 Å². The molecule has 0 aliphatic carbocycles. The summed E-state index contributed by atoms with van der Waals surface area (Å²) < 4.78 is 9.68. The van der Waals surface area contributed by atoms with Gasteiger partial charge >= 0.3 is 5.97 Å². The number of hydrogen-bond donors (Lipinski definition) is 1. The summed E-state index contributed by atoms with van der Waals surface area (Å²) in [6.45, 7) is 1.86. The van der Waals surface area contributed by atoms with Gasteiger partial charge in [0.15, 0.2) is 11.5 Å². The van der Waals surface area contributed by atoms with Gasteiger partial charge in [-0.05, 0) is 13.5 Å². The predicted molar refractivity (Wildman–Crippen MR) is 52.8 cm³/mol. The lowest BCUT2D eigenvalue weighted by molar-refractivity contribution is 0.0598. The van der Waals surface area contributed by atoms with Crippen molar-refractivity contribution in [3.05, 3.63) is 23.2 Å². The van der Waals surface area contributed by atoms with Gasteiger partial charge in [0.2, 0.25) is 0 Å². The maximum absolute atomic E-state index is 11.4. The predicted octanol–water partition coefficient (Wildman–Crippen LogP) is 0.906. The fourth-order valence-electron chi connectivity index (χ4n) is 1.19. The molecule has 5 nitrogen and oxygen atoms in total. The summed E-state index contributed by atoms with van der Waals surface area (Å²) in [5.41, 5.74) is 5.52. The summed E-state index contributed by atoms with van der Waals surface area (Å²) in [5.74, 6) is -0.195. The zero-order valence-corrected chi connectivity index (χ0v) is 8.70. The van der Waals surface area contributed by atoms with E-state index < -0.39 is 5.97 Å². The van der Waals surface area contributed by atoms with Crippen molar-refractivity contribution in [2.45, 2.75) is 13.3 Å². The van der Waals surface area contributed by atoms with Gasteiger partial charge in [0, 0.05) is 12.5 Å². The van der Waals surface area contributed by atoms with Crippen molar-refractivity contribution in [2.24, 2.45) is 5.73 Å². The normalized spacial score (nSPS) is 10.1. The van der Waals surface area contributed by atoms with E-state index in [4.69, 9.17) is 10.2 Å². The molecule has 0 saturated carbocycles. The molecule has 0 aliphatic rings. The van der Waals surface area contributed by atoms with E-state index in [9.17, 15) is 9.59 Å². The van der Waals surface area contributed by atoms with Crippen LogP contribution in [0.5, 0.6) is 0 Å². The van der Waals surface area contributed by atoms with Crippen LogP contribution < -0.4 is 5.73 Å². The molecule has 1 rings (SSSR count). The number of nitrogens with two attached hydrogens (primary N) is 1. The summed E-state index contributed by atoms with van der Waals surface area (Å²) in [4.78, 5) is 22.6. The van der Waals surface area contributed by atoms with Crippen molar-refractivity contribution < 1.29 is 18.7 Å². The molecule has 1 heterocycles. The van der Waals surface area contributed by atoms with Crippen molar-refractivity contribution in [1.29, 1.82) is 0 Å². The average molecular weight is 211 g/mol. The molecule has 0 radical (unpaired) electrons. The number of rotatable bonds is 4. The van der Waals surface area contributed by atoms with E-state index in [1.807, 2.05) is 0 Å². The maximum atomic E-state index is 11.4. The second kappa shape index (κ2) is 4.75. The molecule has 0 atom stereocenters. The first-order chi connectivity index (χ1) is 7.10. The molecule has 5 heteroatoms. The third kappa shape index (κ3) is 2.44. The molecule has 0 fully saturated rings. The number of carbonyl (C=O) groups excluding carboxylic acids is 2. The highest BCUT2D eigenvalue weighted by Crippen LogP contribution is 2.16. The average Bonchev–Trinajstić information content (AvgIpc) is 2.60. The number of ether oxygens (including phenoxy) is 1. The molecule has 0 aromatic carbocycles. The number of hydrogen-bond acceptors (Lipinski definition) is 5. The molecule has 0 aliphatic heterocycles. The van der Waals surface area contributed by atoms with Gasteiger partial charge in [-0.15, -0.1) is 0 Å². The van der Waals surface area contributed by atoms with Crippen LogP contribution in [0, 0.1) is 6.92 Å². The molecule has 0 amide bonds. The lowest BCUT2D eigenvalue weighted by Gasteiger charge is -1.93. The Labute approximate surface area is 87.2 Å². The molecule has 0 unspecified atom stereocenters. The van der Waals surface area contributed by atoms with Crippen LogP contribution in [0.3, 0.4) is 0 Å². The lowest BCUT2D eigenvalue weighted by Crippen LogP contribution is -2.07. The largest absolute Gasteiger partial charge is 0.465 e. The smallest absolute Gasteiger partial charge is 0.341 e. The highest BCUT2D eigenvalue weighted by atomic mass is 16.5. The Balaban J connectivity index is 2.95. The van der Waals surface area contributed by atoms with Crippen molar-refractivity contribution >= 4 is 11.8 Å². The van der Waals surface area contributed by atoms with E-state index in [0.717, 1.165) is 0 Å². The molecule has 1 aromatic rings. The lowest BCUT2D eigenvalue weighted by atomic mass is 10.2. The fourth-order valence-corrected chi connectivity index (χ4v) is 1.19. The van der Waals surface area contributed by atoms with Crippen LogP contribution in [-0.2, 0) is 4.74 Å². The second-order valence-electron chi connectivity index (χ2n) is 3.03. The summed E-state index contributed by atoms with van der Waals surface area (Å²) in [5, 5.41) is 0. The van der Waals surface area contributed by atoms with Crippen LogP contribution in [0.4, 0.5) is 0 Å². The van der Waals surface area contributed by atoms with E-state index in [0.29, 0.717) is 5.76 Å². The molecule has 82 valence electrons. The Hall–Kier alpha value is -1.62. The quantitative estimate of drug-likeness (QED) is 0.591. The van der Waals surface area contributed by atoms with Gasteiger partial charge in [-0.2, -0.15) is 0 Å². The van der Waals surface area contributed by atoms with Crippen LogP contribution in [-0.4, -0.2) is 25.4 Å². The molecule has 1 aromatic heterocycles. The minimum atomic E-state index is -0.511. The van der Waals surface area contributed by atoms with Gasteiger partial charge in [-0.1, -0.05) is 0 Å². The van der Waals surface area contributed by atoms with Gasteiger partial charge in [-0.3, -0.25) is 4.79 Å². The Kier molecular flexibility index (Phi) is 3.62. The molecule has 0 spiro atoms. The molecule has 2 N–H and O–H groups in total. The van der Waals surface area contributed by atoms with Crippen LogP contribution in [0.2, 0.25) is 0 Å². The third-order valence-corrected chi connectivity index (χ3v) is 1.97. The Bertz CT molecular complexity index is 381. The topological polar surface area (TPSA) is 82.5 Å². The number of aryl methyl sites for hydroxylation is 1. The van der Waals surface area contributed by atoms with Crippen LogP contribution in [0.1, 0.15) is 33.1 Å². The zero-order chi connectivity index (χ0) is 11.4. The van der Waals surface area contributed by atoms with E-state index in [2.05, 4.69) is 4.74 Å². The second-order valence-corrected chi connectivity index (χ2v) is 3.03. The summed E-state index contributed by atoms with van der Waals surface area (Å²) in [7, 11) is 1.27. The minimum Gasteiger partial charge on any atom is -0.465 e. The van der Waals surface area contributed by atoms with Crippen molar-refractivity contribution in [2.75, 3.05) is 13.7 Å². The van der Waals surface area contributed by atoms with E-state index >= 15 is 0 Å². The van der Waals surface area contributed by atoms with Crippen molar-refractivity contribution in [3.8, 4) is 0 Å². The monoisotopic (exact) mass is 211 g/mol. The van der Waals surface area contributed by atoms with Gasteiger partial charge < -0.3 is 14.9 Å². The van der Waals surface area contributed by atoms with Crippen LogP contribution in [0.25, 0.3) is 0 Å². The summed E-state index contributed by atoms with van der Waals surface area (Å²) in [6, 6.07) is 1.39. The maximum Gasteiger partial charge on any atom is 0.341 e. The fraction of sp³-hybridized carbons (Fsp3) is 0.400. The summed E-state index contributed by atoms with van der Waals surface area (Å²) >= 11 is 0. The highest BCUT2D eigenvalue weighted by molar-refractivity contribution is 5.98. The Morgan fingerprint density at radius 3 is 2.73 bits per heavy atom. The molecule has 0 saturated heterocycles. The first kappa shape index (κ1) is 11.5. The number of carbonyl (C=O) groups is 2. The van der Waals surface area contributed by atoms with Gasteiger partial charge in [0.25, 0.3) is 0 Å². The first-order valence-corrected chi connectivity index (χ1v) is 4.52. The molecular weight excluding hydrogens is 198 g/mol. The van der Waals surface area contributed by atoms with E-state index in [1.54, 1.807) is 6.92 Å². The van der Waals surface area contributed by atoms with Gasteiger partial charge in [-0.25, -0.2) is 4.79 Å². The standard InChI is InChI=1S/C10H13NO4/c1-6-7(10(13)14-2)5-9(15-6)8(12)3-4-11/h5H,3-4,11H2,1-2H3. The van der Waals surface area contributed by atoms with E-state index in [-0.39, 0.29) is 30.1 Å². The molecule has 0 bridgehead atoms. The Morgan fingerprint density at radius 1 is 1.53 bits per heavy atom. The molecule has 15 heavy (non-hydrogen) atoms. The van der Waals surface area contributed by atoms with Crippen molar-refractivity contribution in [3.63, 3.8) is 0 Å². The third-order valence-electron chi connectivity index (χ3n) is 1.97. The number of Topliss-reactive ketones (excluding diaryl/α,β-unsaturated/α-hetero) is 1. The number of ketones is 1. The highest BCUT2D eigenvalue weighted by Gasteiger charge is 2.18. The SMILES string of the molecule is COC(=O)c1cc(C(=O)CCN)oc1C. The number of esters is 1. The van der Waals surface area contributed by atoms with E-state index in [1.165, 1.54) is 13.2 Å². The minimum absolute atomic E-state index is 0.151. The molecular formula is C10H13NO4. The number of furan rings is 1. The van der Waals surface area contributed by atoms with Crippen LogP contribution in [0.15, 0.2) is 10.5 Å².